The van der Waals surface area contributed by atoms with Gasteiger partial charge in [0.15, 0.2) is 5.65 Å². The Morgan fingerprint density at radius 3 is 2.83 bits per heavy atom. The fourth-order valence-corrected chi connectivity index (χ4v) is 2.98. The topological polar surface area (TPSA) is 85.8 Å². The van der Waals surface area contributed by atoms with Crippen LogP contribution < -0.4 is 11.1 Å². The number of benzene rings is 1. The number of carbonyl (C=O) groups is 1. The first-order valence-corrected chi connectivity index (χ1v) is 7.80. The van der Waals surface area contributed by atoms with E-state index in [4.69, 9.17) is 5.73 Å². The highest BCUT2D eigenvalue weighted by atomic mass is 19.1. The van der Waals surface area contributed by atoms with Crippen LogP contribution >= 0.6 is 0 Å². The molecule has 0 spiro atoms. The molecule has 7 heteroatoms. The summed E-state index contributed by atoms with van der Waals surface area (Å²) in [6.45, 7) is 0.474. The monoisotopic (exact) mass is 325 g/mol. The molecule has 0 saturated heterocycles. The number of carbonyl (C=O) groups excluding carboxylic acids is 1. The van der Waals surface area contributed by atoms with E-state index in [2.05, 4.69) is 15.4 Å². The van der Waals surface area contributed by atoms with Gasteiger partial charge in [-0.3, -0.25) is 4.79 Å². The molecule has 0 fully saturated rings. The number of amides is 1. The maximum Gasteiger partial charge on any atom is 0.224 e. The van der Waals surface area contributed by atoms with Gasteiger partial charge in [-0.2, -0.15) is 5.10 Å². The van der Waals surface area contributed by atoms with Crippen molar-refractivity contribution in [3.8, 4) is 0 Å². The zero-order valence-corrected chi connectivity index (χ0v) is 12.9. The van der Waals surface area contributed by atoms with E-state index in [9.17, 15) is 9.18 Å². The van der Waals surface area contributed by atoms with Crippen molar-refractivity contribution < 1.29 is 9.18 Å². The number of pyridine rings is 1. The van der Waals surface area contributed by atoms with Gasteiger partial charge in [0.05, 0.1) is 35.2 Å². The van der Waals surface area contributed by atoms with E-state index in [1.54, 1.807) is 23.0 Å². The van der Waals surface area contributed by atoms with Gasteiger partial charge in [0.25, 0.3) is 0 Å². The van der Waals surface area contributed by atoms with Crippen LogP contribution in [0.5, 0.6) is 0 Å². The molecule has 3 N–H and O–H groups in total. The summed E-state index contributed by atoms with van der Waals surface area (Å²) in [6.07, 6.45) is 3.55. The van der Waals surface area contributed by atoms with Gasteiger partial charge in [0, 0.05) is 6.42 Å². The fourth-order valence-electron chi connectivity index (χ4n) is 2.98. The first-order chi connectivity index (χ1) is 11.6. The van der Waals surface area contributed by atoms with Gasteiger partial charge in [-0.25, -0.2) is 14.1 Å². The summed E-state index contributed by atoms with van der Waals surface area (Å²) in [5.41, 5.74) is 9.72. The lowest BCUT2D eigenvalue weighted by Crippen LogP contribution is -2.12. The number of halogens is 1. The van der Waals surface area contributed by atoms with Crippen molar-refractivity contribution in [1.29, 1.82) is 0 Å². The third-order valence-corrected chi connectivity index (χ3v) is 4.23. The Morgan fingerprint density at radius 1 is 1.25 bits per heavy atom. The zero-order chi connectivity index (χ0) is 16.7. The molecule has 0 aliphatic carbocycles. The second-order valence-corrected chi connectivity index (χ2v) is 5.91. The van der Waals surface area contributed by atoms with Crippen molar-refractivity contribution in [2.75, 3.05) is 11.1 Å². The normalized spacial score (nSPS) is 14.3. The summed E-state index contributed by atoms with van der Waals surface area (Å²) in [5.74, 6) is -0.312. The van der Waals surface area contributed by atoms with Gasteiger partial charge in [0.1, 0.15) is 5.82 Å². The van der Waals surface area contributed by atoms with Crippen LogP contribution in [0, 0.1) is 5.82 Å². The fraction of sp³-hybridized carbons (Fsp3) is 0.235. The lowest BCUT2D eigenvalue weighted by molar-refractivity contribution is -0.116. The van der Waals surface area contributed by atoms with E-state index in [0.717, 1.165) is 17.7 Å². The molecule has 0 unspecified atom stereocenters. The molecule has 0 atom stereocenters. The molecule has 0 saturated carbocycles. The molecule has 1 amide bonds. The molecule has 4 rings (SSSR count). The lowest BCUT2D eigenvalue weighted by atomic mass is 10.1. The van der Waals surface area contributed by atoms with Crippen LogP contribution in [0.2, 0.25) is 0 Å². The predicted octanol–water partition coefficient (Wildman–Crippen LogP) is 2.48. The van der Waals surface area contributed by atoms with Crippen molar-refractivity contribution in [1.82, 2.24) is 14.8 Å². The minimum absolute atomic E-state index is 0.0414. The van der Waals surface area contributed by atoms with Crippen LogP contribution in [0.15, 0.2) is 30.5 Å². The Bertz CT molecular complexity index is 932. The quantitative estimate of drug-likeness (QED) is 0.758. The third kappa shape index (κ3) is 2.47. The van der Waals surface area contributed by atoms with Crippen molar-refractivity contribution in [2.45, 2.75) is 25.8 Å². The smallest absolute Gasteiger partial charge is 0.224 e. The highest BCUT2D eigenvalue weighted by Crippen LogP contribution is 2.33. The van der Waals surface area contributed by atoms with Crippen molar-refractivity contribution >= 4 is 28.3 Å². The Labute approximate surface area is 137 Å². The second kappa shape index (κ2) is 5.59. The maximum atomic E-state index is 13.0. The molecule has 3 aromatic rings. The van der Waals surface area contributed by atoms with Crippen LogP contribution in [0.1, 0.15) is 24.1 Å². The number of hydrogen-bond donors (Lipinski definition) is 2. The zero-order valence-electron chi connectivity index (χ0n) is 12.9. The SMILES string of the molecule is Nc1c2c(nc3c1cnn3Cc1ccc(F)cc1)CCCC(=O)N2. The summed E-state index contributed by atoms with van der Waals surface area (Å²) in [6, 6.07) is 6.28. The first kappa shape index (κ1) is 14.6. The predicted molar refractivity (Wildman–Crippen MR) is 89.0 cm³/mol. The van der Waals surface area contributed by atoms with Crippen molar-refractivity contribution in [2.24, 2.45) is 0 Å². The van der Waals surface area contributed by atoms with Crippen molar-refractivity contribution in [3.63, 3.8) is 0 Å². The Kier molecular flexibility index (Phi) is 3.41. The number of rotatable bonds is 2. The minimum Gasteiger partial charge on any atom is -0.396 e. The van der Waals surface area contributed by atoms with Crippen LogP contribution in [-0.4, -0.2) is 20.7 Å². The van der Waals surface area contributed by atoms with Crippen LogP contribution in [0.3, 0.4) is 0 Å². The Hall–Kier alpha value is -2.96. The molecule has 1 aromatic carbocycles. The standard InChI is InChI=1S/C17H16FN5O/c18-11-6-4-10(5-7-11)9-23-17-12(8-20-23)15(19)16-13(21-17)2-1-3-14(24)22-16/h4-8H,1-3,9H2,(H2,19,21)(H,22,24). The average Bonchev–Trinajstić information content (AvgIpc) is 2.85. The first-order valence-electron chi connectivity index (χ1n) is 7.80. The highest BCUT2D eigenvalue weighted by Gasteiger charge is 2.20. The van der Waals surface area contributed by atoms with Gasteiger partial charge in [-0.15, -0.1) is 0 Å². The molecule has 2 aromatic heterocycles. The number of nitrogens with one attached hydrogen (secondary N) is 1. The summed E-state index contributed by atoms with van der Waals surface area (Å²) in [5, 5.41) is 7.90. The third-order valence-electron chi connectivity index (χ3n) is 4.23. The van der Waals surface area contributed by atoms with Crippen LogP contribution in [-0.2, 0) is 17.8 Å². The van der Waals surface area contributed by atoms with E-state index in [0.29, 0.717) is 41.8 Å². The summed E-state index contributed by atoms with van der Waals surface area (Å²) >= 11 is 0. The largest absolute Gasteiger partial charge is 0.396 e. The van der Waals surface area contributed by atoms with E-state index < -0.39 is 0 Å². The molecule has 1 aliphatic heterocycles. The van der Waals surface area contributed by atoms with Gasteiger partial charge < -0.3 is 11.1 Å². The van der Waals surface area contributed by atoms with Crippen LogP contribution in [0.4, 0.5) is 15.8 Å². The molecule has 3 heterocycles. The van der Waals surface area contributed by atoms with Crippen molar-refractivity contribution in [3.05, 3.63) is 47.5 Å². The molecule has 1 aliphatic rings. The minimum atomic E-state index is -0.271. The van der Waals surface area contributed by atoms with Gasteiger partial charge in [-0.1, -0.05) is 12.1 Å². The number of hydrogen-bond acceptors (Lipinski definition) is 4. The molecule has 6 nitrogen and oxygen atoms in total. The van der Waals surface area contributed by atoms with E-state index >= 15 is 0 Å². The molecule has 0 radical (unpaired) electrons. The van der Waals surface area contributed by atoms with Gasteiger partial charge >= 0.3 is 0 Å². The van der Waals surface area contributed by atoms with Gasteiger partial charge in [-0.05, 0) is 30.5 Å². The van der Waals surface area contributed by atoms with E-state index in [-0.39, 0.29) is 11.7 Å². The number of nitrogen functional groups attached to an aromatic ring is 1. The maximum absolute atomic E-state index is 13.0. The highest BCUT2D eigenvalue weighted by molar-refractivity contribution is 6.02. The summed E-state index contributed by atoms with van der Waals surface area (Å²) in [4.78, 5) is 16.4. The molecule has 122 valence electrons. The van der Waals surface area contributed by atoms with Gasteiger partial charge in [0.2, 0.25) is 5.91 Å². The number of nitrogens with two attached hydrogens (primary N) is 1. The molecule has 24 heavy (non-hydrogen) atoms. The number of aryl methyl sites for hydroxylation is 1. The summed E-state index contributed by atoms with van der Waals surface area (Å²) < 4.78 is 14.8. The number of nitrogens with zero attached hydrogens (tertiary/aromatic N) is 3. The molecular weight excluding hydrogens is 309 g/mol. The Balaban J connectivity index is 1.79. The Morgan fingerprint density at radius 2 is 2.04 bits per heavy atom. The number of aromatic nitrogens is 3. The second-order valence-electron chi connectivity index (χ2n) is 5.91. The molecular formula is C17H16FN5O. The number of fused-ring (bicyclic) bond motifs is 2. The van der Waals surface area contributed by atoms with Crippen LogP contribution in [0.25, 0.3) is 11.0 Å². The number of anilines is 2. The summed E-state index contributed by atoms with van der Waals surface area (Å²) in [7, 11) is 0. The average molecular weight is 325 g/mol. The lowest BCUT2D eigenvalue weighted by Gasteiger charge is -2.11. The van der Waals surface area contributed by atoms with E-state index in [1.165, 1.54) is 12.1 Å². The van der Waals surface area contributed by atoms with E-state index in [1.807, 2.05) is 0 Å². The molecule has 0 bridgehead atoms.